The van der Waals surface area contributed by atoms with Crippen LogP contribution in [-0.4, -0.2) is 26.9 Å². The van der Waals surface area contributed by atoms with Crippen LogP contribution in [0.25, 0.3) is 0 Å². The van der Waals surface area contributed by atoms with E-state index in [4.69, 9.17) is 5.73 Å². The van der Waals surface area contributed by atoms with Crippen LogP contribution in [0.1, 0.15) is 10.4 Å². The molecule has 0 radical (unpaired) electrons. The van der Waals surface area contributed by atoms with Gasteiger partial charge in [0.15, 0.2) is 11.5 Å². The molecule has 0 atom stereocenters. The summed E-state index contributed by atoms with van der Waals surface area (Å²) in [7, 11) is -5.15. The van der Waals surface area contributed by atoms with Crippen molar-refractivity contribution < 1.29 is 39.7 Å². The molecule has 2 N–H and O–H groups in total. The van der Waals surface area contributed by atoms with E-state index in [1.165, 1.54) is 0 Å². The lowest BCUT2D eigenvalue weighted by atomic mass is 10.1. The van der Waals surface area contributed by atoms with E-state index in [-0.39, 0.29) is 0 Å². The number of carbonyl (C=O) groups is 1. The molecule has 0 spiro atoms. The Balaban J connectivity index is 3.48. The van der Waals surface area contributed by atoms with Crippen molar-refractivity contribution in [3.05, 3.63) is 23.5 Å². The number of ether oxygens (including phenoxy) is 1. The van der Waals surface area contributed by atoms with Gasteiger partial charge in [0.25, 0.3) is 5.91 Å². The molecule has 112 valence electrons. The van der Waals surface area contributed by atoms with Gasteiger partial charge in [0.2, 0.25) is 0 Å². The number of alkyl halides is 3. The number of primary amides is 1. The molecule has 0 aliphatic heterocycles. The summed E-state index contributed by atoms with van der Waals surface area (Å²) in [5.41, 5.74) is -1.82. The SMILES string of the molecule is COc1cc(F)cc(C(N)=O)c1OS(=O)(=O)C(F)(F)F. The molecule has 0 bridgehead atoms. The number of hydrogen-bond acceptors (Lipinski definition) is 5. The summed E-state index contributed by atoms with van der Waals surface area (Å²) < 4.78 is 79.8. The second kappa shape index (κ2) is 5.15. The standard InChI is InChI=1S/C9H7F4NO5S/c1-18-6-3-4(10)2-5(8(14)15)7(6)19-20(16,17)9(11,12)13/h2-3H,1H3,(H2,14,15). The highest BCUT2D eigenvalue weighted by Gasteiger charge is 2.49. The molecule has 0 saturated carbocycles. The van der Waals surface area contributed by atoms with Crippen molar-refractivity contribution in [3.8, 4) is 11.5 Å². The Bertz CT molecular complexity index is 640. The van der Waals surface area contributed by atoms with E-state index in [2.05, 4.69) is 8.92 Å². The molecule has 0 aliphatic rings. The molecule has 1 aromatic carbocycles. The van der Waals surface area contributed by atoms with Crippen LogP contribution in [0, 0.1) is 5.82 Å². The number of nitrogens with two attached hydrogens (primary N) is 1. The van der Waals surface area contributed by atoms with Crippen LogP contribution in [0.2, 0.25) is 0 Å². The number of halogens is 4. The largest absolute Gasteiger partial charge is 0.534 e. The van der Waals surface area contributed by atoms with Crippen molar-refractivity contribution in [2.75, 3.05) is 7.11 Å². The van der Waals surface area contributed by atoms with Gasteiger partial charge in [-0.1, -0.05) is 0 Å². The highest BCUT2D eigenvalue weighted by atomic mass is 32.2. The van der Waals surface area contributed by atoms with Crippen LogP contribution in [0.15, 0.2) is 12.1 Å². The van der Waals surface area contributed by atoms with E-state index in [1.54, 1.807) is 0 Å². The van der Waals surface area contributed by atoms with Gasteiger partial charge in [-0.25, -0.2) is 4.39 Å². The molecule has 0 unspecified atom stereocenters. The number of carbonyl (C=O) groups excluding carboxylic acids is 1. The number of rotatable bonds is 4. The fourth-order valence-corrected chi connectivity index (χ4v) is 1.63. The quantitative estimate of drug-likeness (QED) is 0.511. The Morgan fingerprint density at radius 3 is 2.25 bits per heavy atom. The molecular weight excluding hydrogens is 310 g/mol. The van der Waals surface area contributed by atoms with E-state index in [9.17, 15) is 30.8 Å². The van der Waals surface area contributed by atoms with Crippen LogP contribution < -0.4 is 14.7 Å². The minimum atomic E-state index is -6.06. The predicted molar refractivity (Wildman–Crippen MR) is 57.1 cm³/mol. The fourth-order valence-electron chi connectivity index (χ4n) is 1.15. The summed E-state index contributed by atoms with van der Waals surface area (Å²) in [6.45, 7) is 0. The van der Waals surface area contributed by atoms with E-state index in [0.717, 1.165) is 7.11 Å². The third kappa shape index (κ3) is 3.10. The van der Waals surface area contributed by atoms with Gasteiger partial charge in [-0.3, -0.25) is 4.79 Å². The lowest BCUT2D eigenvalue weighted by Crippen LogP contribution is -2.29. The topological polar surface area (TPSA) is 95.7 Å². The molecular formula is C9H7F4NO5S. The fraction of sp³-hybridized carbons (Fsp3) is 0.222. The molecule has 1 aromatic rings. The van der Waals surface area contributed by atoms with E-state index >= 15 is 0 Å². The van der Waals surface area contributed by atoms with Crippen LogP contribution in [0.5, 0.6) is 11.5 Å². The molecule has 0 aromatic heterocycles. The first kappa shape index (κ1) is 16.0. The summed E-state index contributed by atoms with van der Waals surface area (Å²) >= 11 is 0. The lowest BCUT2D eigenvalue weighted by molar-refractivity contribution is -0.0500. The minimum Gasteiger partial charge on any atom is -0.493 e. The second-order valence-electron chi connectivity index (χ2n) is 3.33. The Kier molecular flexibility index (Phi) is 4.12. The highest BCUT2D eigenvalue weighted by molar-refractivity contribution is 7.88. The maximum atomic E-state index is 13.1. The lowest BCUT2D eigenvalue weighted by Gasteiger charge is -2.14. The van der Waals surface area contributed by atoms with Gasteiger partial charge < -0.3 is 14.7 Å². The molecule has 0 fully saturated rings. The molecule has 0 heterocycles. The van der Waals surface area contributed by atoms with Gasteiger partial charge in [-0.05, 0) is 6.07 Å². The molecule has 11 heteroatoms. The Labute approximate surface area is 110 Å². The number of methoxy groups -OCH3 is 1. The summed E-state index contributed by atoms with van der Waals surface area (Å²) in [6, 6.07) is 0.958. The predicted octanol–water partition coefficient (Wildman–Crippen LogP) is 1.16. The Morgan fingerprint density at radius 2 is 1.85 bits per heavy atom. The van der Waals surface area contributed by atoms with Crippen molar-refractivity contribution in [2.45, 2.75) is 5.51 Å². The first-order valence-corrected chi connectivity index (χ1v) is 6.08. The van der Waals surface area contributed by atoms with Gasteiger partial charge in [0.1, 0.15) is 5.82 Å². The normalized spacial score (nSPS) is 12.1. The van der Waals surface area contributed by atoms with Gasteiger partial charge in [-0.2, -0.15) is 21.6 Å². The van der Waals surface area contributed by atoms with Gasteiger partial charge in [-0.15, -0.1) is 0 Å². The molecule has 1 rings (SSSR count). The average Bonchev–Trinajstić information content (AvgIpc) is 2.28. The van der Waals surface area contributed by atoms with Crippen molar-refractivity contribution in [1.29, 1.82) is 0 Å². The van der Waals surface area contributed by atoms with E-state index < -0.39 is 44.4 Å². The number of hydrogen-bond donors (Lipinski definition) is 1. The first-order chi connectivity index (χ1) is 8.99. The number of amides is 1. The Hall–Kier alpha value is -2.04. The van der Waals surface area contributed by atoms with Crippen LogP contribution in [0.3, 0.4) is 0 Å². The molecule has 0 aliphatic carbocycles. The van der Waals surface area contributed by atoms with E-state index in [1.807, 2.05) is 0 Å². The third-order valence-corrected chi connectivity index (χ3v) is 2.93. The van der Waals surface area contributed by atoms with Crippen LogP contribution >= 0.6 is 0 Å². The average molecular weight is 317 g/mol. The molecule has 20 heavy (non-hydrogen) atoms. The maximum Gasteiger partial charge on any atom is 0.534 e. The van der Waals surface area contributed by atoms with Gasteiger partial charge in [0, 0.05) is 6.07 Å². The summed E-state index contributed by atoms with van der Waals surface area (Å²) in [4.78, 5) is 11.0. The zero-order valence-corrected chi connectivity index (χ0v) is 10.5. The maximum absolute atomic E-state index is 13.1. The smallest absolute Gasteiger partial charge is 0.493 e. The van der Waals surface area contributed by atoms with Crippen molar-refractivity contribution >= 4 is 16.0 Å². The van der Waals surface area contributed by atoms with Crippen molar-refractivity contribution in [3.63, 3.8) is 0 Å². The molecule has 0 saturated heterocycles. The second-order valence-corrected chi connectivity index (χ2v) is 4.87. The summed E-state index contributed by atoms with van der Waals surface area (Å²) in [6.07, 6.45) is 0. The number of benzene rings is 1. The molecule has 6 nitrogen and oxygen atoms in total. The third-order valence-electron chi connectivity index (χ3n) is 1.98. The van der Waals surface area contributed by atoms with Crippen LogP contribution in [0.4, 0.5) is 17.6 Å². The summed E-state index contributed by atoms with van der Waals surface area (Å²) in [5.74, 6) is -4.34. The first-order valence-electron chi connectivity index (χ1n) is 4.67. The Morgan fingerprint density at radius 1 is 1.30 bits per heavy atom. The van der Waals surface area contributed by atoms with E-state index in [0.29, 0.717) is 12.1 Å². The summed E-state index contributed by atoms with van der Waals surface area (Å²) in [5, 5.41) is 0. The van der Waals surface area contributed by atoms with Crippen molar-refractivity contribution in [2.24, 2.45) is 5.73 Å². The zero-order valence-electron chi connectivity index (χ0n) is 9.69. The minimum absolute atomic E-state index is 0.423. The monoisotopic (exact) mass is 317 g/mol. The van der Waals surface area contributed by atoms with Crippen LogP contribution in [-0.2, 0) is 10.1 Å². The zero-order chi connectivity index (χ0) is 15.7. The van der Waals surface area contributed by atoms with Gasteiger partial charge >= 0.3 is 15.6 Å². The van der Waals surface area contributed by atoms with Crippen molar-refractivity contribution in [1.82, 2.24) is 0 Å². The van der Waals surface area contributed by atoms with Gasteiger partial charge in [0.05, 0.1) is 12.7 Å². The highest BCUT2D eigenvalue weighted by Crippen LogP contribution is 2.36. The molecule has 1 amide bonds.